The van der Waals surface area contributed by atoms with Crippen molar-refractivity contribution >= 4 is 0 Å². The molecular weight excluding hydrogens is 212 g/mol. The van der Waals surface area contributed by atoms with E-state index in [0.29, 0.717) is 6.04 Å². The Bertz CT molecular complexity index is 200. The van der Waals surface area contributed by atoms with Crippen LogP contribution >= 0.6 is 0 Å². The largest absolute Gasteiger partial charge is 0.380 e. The molecule has 17 heavy (non-hydrogen) atoms. The molecule has 1 saturated heterocycles. The van der Waals surface area contributed by atoms with Gasteiger partial charge in [0.15, 0.2) is 0 Å². The van der Waals surface area contributed by atoms with E-state index in [1.165, 1.54) is 45.1 Å². The van der Waals surface area contributed by atoms with Crippen molar-refractivity contribution in [2.45, 2.75) is 57.5 Å². The summed E-state index contributed by atoms with van der Waals surface area (Å²) in [5.74, 6) is 0.888. The first kappa shape index (κ1) is 13.3. The van der Waals surface area contributed by atoms with E-state index < -0.39 is 0 Å². The fourth-order valence-electron chi connectivity index (χ4n) is 2.55. The minimum absolute atomic E-state index is 0.607. The topological polar surface area (TPSA) is 33.3 Å². The molecule has 2 N–H and O–H groups in total. The second-order valence-corrected chi connectivity index (χ2v) is 5.76. The molecule has 0 aromatic heterocycles. The summed E-state index contributed by atoms with van der Waals surface area (Å²) in [5, 5.41) is 7.16. The predicted octanol–water partition coefficient (Wildman–Crippen LogP) is 1.92. The van der Waals surface area contributed by atoms with Gasteiger partial charge in [-0.1, -0.05) is 6.42 Å². The highest BCUT2D eigenvalue weighted by Gasteiger charge is 2.21. The highest BCUT2D eigenvalue weighted by Crippen LogP contribution is 2.28. The van der Waals surface area contributed by atoms with Crippen molar-refractivity contribution in [2.24, 2.45) is 5.92 Å². The summed E-state index contributed by atoms with van der Waals surface area (Å²) < 4.78 is 5.62. The van der Waals surface area contributed by atoms with Gasteiger partial charge in [-0.25, -0.2) is 0 Å². The average Bonchev–Trinajstić information content (AvgIpc) is 3.14. The van der Waals surface area contributed by atoms with Gasteiger partial charge in [0.1, 0.15) is 0 Å². The summed E-state index contributed by atoms with van der Waals surface area (Å²) in [6.07, 6.45) is 8.13. The molecule has 0 radical (unpaired) electrons. The first-order valence-electron chi connectivity index (χ1n) is 7.39. The van der Waals surface area contributed by atoms with E-state index in [4.69, 9.17) is 4.74 Å². The monoisotopic (exact) mass is 240 g/mol. The first-order valence-corrected chi connectivity index (χ1v) is 7.39. The van der Waals surface area contributed by atoms with Crippen molar-refractivity contribution in [3.63, 3.8) is 0 Å². The molecule has 3 nitrogen and oxygen atoms in total. The fraction of sp³-hybridized carbons (Fsp3) is 1.00. The lowest BCUT2D eigenvalue weighted by Crippen LogP contribution is -2.40. The molecule has 2 unspecified atom stereocenters. The van der Waals surface area contributed by atoms with Gasteiger partial charge < -0.3 is 15.4 Å². The van der Waals surface area contributed by atoms with Crippen LogP contribution in [-0.2, 0) is 4.74 Å². The van der Waals surface area contributed by atoms with Crippen LogP contribution in [0, 0.1) is 5.92 Å². The second-order valence-electron chi connectivity index (χ2n) is 5.76. The van der Waals surface area contributed by atoms with E-state index in [0.717, 1.165) is 31.7 Å². The maximum atomic E-state index is 5.62. The van der Waals surface area contributed by atoms with Gasteiger partial charge in [0.05, 0.1) is 6.61 Å². The molecule has 1 saturated carbocycles. The van der Waals surface area contributed by atoms with Gasteiger partial charge in [-0.2, -0.15) is 0 Å². The van der Waals surface area contributed by atoms with Gasteiger partial charge in [-0.05, 0) is 51.5 Å². The van der Waals surface area contributed by atoms with Gasteiger partial charge in [0, 0.05) is 25.2 Å². The molecule has 2 atom stereocenters. The van der Waals surface area contributed by atoms with Crippen LogP contribution in [0.4, 0.5) is 0 Å². The number of piperidine rings is 1. The third-order valence-corrected chi connectivity index (χ3v) is 3.84. The van der Waals surface area contributed by atoms with Crippen LogP contribution in [0.2, 0.25) is 0 Å². The number of hydrogen-bond donors (Lipinski definition) is 2. The summed E-state index contributed by atoms with van der Waals surface area (Å²) in [6.45, 7) is 6.36. The maximum absolute atomic E-state index is 5.62. The van der Waals surface area contributed by atoms with E-state index in [9.17, 15) is 0 Å². The van der Waals surface area contributed by atoms with Crippen molar-refractivity contribution in [2.75, 3.05) is 26.3 Å². The van der Waals surface area contributed by atoms with Crippen LogP contribution in [0.5, 0.6) is 0 Å². The standard InChI is InChI=1S/C14H28N2O/c1-12(10-14-4-2-3-7-16-14)15-8-9-17-11-13-5-6-13/h12-16H,2-11H2,1H3. The molecule has 1 aliphatic carbocycles. The second kappa shape index (κ2) is 7.34. The summed E-state index contributed by atoms with van der Waals surface area (Å²) in [5.41, 5.74) is 0. The molecule has 100 valence electrons. The van der Waals surface area contributed by atoms with Crippen LogP contribution in [0.15, 0.2) is 0 Å². The fourth-order valence-corrected chi connectivity index (χ4v) is 2.55. The summed E-state index contributed by atoms with van der Waals surface area (Å²) in [6, 6.07) is 1.34. The molecule has 1 aliphatic heterocycles. The van der Waals surface area contributed by atoms with Crippen LogP contribution in [0.25, 0.3) is 0 Å². The molecule has 0 bridgehead atoms. The Hall–Kier alpha value is -0.120. The van der Waals surface area contributed by atoms with E-state index in [-0.39, 0.29) is 0 Å². The zero-order valence-corrected chi connectivity index (χ0v) is 11.2. The molecule has 3 heteroatoms. The SMILES string of the molecule is CC(CC1CCCCN1)NCCOCC1CC1. The lowest BCUT2D eigenvalue weighted by molar-refractivity contribution is 0.124. The lowest BCUT2D eigenvalue weighted by Gasteiger charge is -2.26. The number of nitrogens with one attached hydrogen (secondary N) is 2. The highest BCUT2D eigenvalue weighted by atomic mass is 16.5. The normalized spacial score (nSPS) is 27.0. The Kier molecular flexibility index (Phi) is 5.75. The van der Waals surface area contributed by atoms with E-state index in [1.54, 1.807) is 0 Å². The van der Waals surface area contributed by atoms with Gasteiger partial charge in [0.2, 0.25) is 0 Å². The van der Waals surface area contributed by atoms with Gasteiger partial charge >= 0.3 is 0 Å². The van der Waals surface area contributed by atoms with Gasteiger partial charge in [-0.15, -0.1) is 0 Å². The van der Waals surface area contributed by atoms with Crippen LogP contribution < -0.4 is 10.6 Å². The van der Waals surface area contributed by atoms with Crippen molar-refractivity contribution in [1.82, 2.24) is 10.6 Å². The molecule has 0 amide bonds. The van der Waals surface area contributed by atoms with Crippen LogP contribution in [0.3, 0.4) is 0 Å². The summed E-state index contributed by atoms with van der Waals surface area (Å²) in [4.78, 5) is 0. The Morgan fingerprint density at radius 3 is 2.88 bits per heavy atom. The zero-order chi connectivity index (χ0) is 11.9. The molecule has 1 heterocycles. The average molecular weight is 240 g/mol. The molecule has 0 aromatic rings. The minimum Gasteiger partial charge on any atom is -0.380 e. The van der Waals surface area contributed by atoms with E-state index in [2.05, 4.69) is 17.6 Å². The Labute approximate surface area is 106 Å². The lowest BCUT2D eigenvalue weighted by atomic mass is 9.99. The quantitative estimate of drug-likeness (QED) is 0.636. The Morgan fingerprint density at radius 2 is 2.18 bits per heavy atom. The molecule has 0 spiro atoms. The van der Waals surface area contributed by atoms with Crippen LogP contribution in [0.1, 0.15) is 45.4 Å². The number of hydrogen-bond acceptors (Lipinski definition) is 3. The highest BCUT2D eigenvalue weighted by molar-refractivity contribution is 4.77. The van der Waals surface area contributed by atoms with E-state index >= 15 is 0 Å². The van der Waals surface area contributed by atoms with Crippen molar-refractivity contribution in [1.29, 1.82) is 0 Å². The molecule has 0 aromatic carbocycles. The maximum Gasteiger partial charge on any atom is 0.0591 e. The number of rotatable bonds is 8. The molecule has 2 aliphatic rings. The Morgan fingerprint density at radius 1 is 1.29 bits per heavy atom. The first-order chi connectivity index (χ1) is 8.34. The van der Waals surface area contributed by atoms with Gasteiger partial charge in [0.25, 0.3) is 0 Å². The third kappa shape index (κ3) is 5.84. The minimum atomic E-state index is 0.607. The van der Waals surface area contributed by atoms with E-state index in [1.807, 2.05) is 0 Å². The third-order valence-electron chi connectivity index (χ3n) is 3.84. The smallest absolute Gasteiger partial charge is 0.0591 e. The predicted molar refractivity (Wildman–Crippen MR) is 71.3 cm³/mol. The van der Waals surface area contributed by atoms with Gasteiger partial charge in [-0.3, -0.25) is 0 Å². The summed E-state index contributed by atoms with van der Waals surface area (Å²) >= 11 is 0. The van der Waals surface area contributed by atoms with Crippen molar-refractivity contribution < 1.29 is 4.74 Å². The molecule has 2 rings (SSSR count). The van der Waals surface area contributed by atoms with Crippen molar-refractivity contribution in [3.8, 4) is 0 Å². The summed E-state index contributed by atoms with van der Waals surface area (Å²) in [7, 11) is 0. The molecular formula is C14H28N2O. The molecule has 2 fully saturated rings. The Balaban J connectivity index is 1.43. The number of ether oxygens (including phenoxy) is 1. The van der Waals surface area contributed by atoms with Crippen LogP contribution in [-0.4, -0.2) is 38.4 Å². The zero-order valence-electron chi connectivity index (χ0n) is 11.2. The van der Waals surface area contributed by atoms with Crippen molar-refractivity contribution in [3.05, 3.63) is 0 Å².